The SMILES string of the molecule is FC(F)(F)c1ccc(Nc2cc(-c3ccccn3)nc(NC3CCCC3)n2)c(Cl)c1. The first-order valence-corrected chi connectivity index (χ1v) is 9.97. The van der Waals surface area contributed by atoms with Gasteiger partial charge in [0.25, 0.3) is 0 Å². The van der Waals surface area contributed by atoms with Crippen molar-refractivity contribution >= 4 is 29.1 Å². The van der Waals surface area contributed by atoms with Crippen molar-refractivity contribution in [3.8, 4) is 11.4 Å². The number of nitrogens with zero attached hydrogens (tertiary/aromatic N) is 3. The summed E-state index contributed by atoms with van der Waals surface area (Å²) in [6, 6.07) is 10.6. The largest absolute Gasteiger partial charge is 0.416 e. The monoisotopic (exact) mass is 433 g/mol. The van der Waals surface area contributed by atoms with Crippen molar-refractivity contribution in [2.75, 3.05) is 10.6 Å². The summed E-state index contributed by atoms with van der Waals surface area (Å²) >= 11 is 6.09. The van der Waals surface area contributed by atoms with Gasteiger partial charge < -0.3 is 10.6 Å². The molecule has 0 atom stereocenters. The molecule has 1 aliphatic rings. The molecule has 1 fully saturated rings. The van der Waals surface area contributed by atoms with E-state index in [1.54, 1.807) is 12.3 Å². The molecular weight excluding hydrogens is 415 g/mol. The fourth-order valence-electron chi connectivity index (χ4n) is 3.40. The van der Waals surface area contributed by atoms with Gasteiger partial charge in [0.05, 0.1) is 27.7 Å². The van der Waals surface area contributed by atoms with Gasteiger partial charge in [-0.3, -0.25) is 4.98 Å². The van der Waals surface area contributed by atoms with E-state index in [0.717, 1.165) is 37.8 Å². The van der Waals surface area contributed by atoms with Crippen molar-refractivity contribution in [2.45, 2.75) is 37.9 Å². The van der Waals surface area contributed by atoms with Gasteiger partial charge >= 0.3 is 6.18 Å². The fourth-order valence-corrected chi connectivity index (χ4v) is 3.63. The summed E-state index contributed by atoms with van der Waals surface area (Å²) in [5.41, 5.74) is 0.772. The Hall–Kier alpha value is -2.87. The van der Waals surface area contributed by atoms with Gasteiger partial charge in [0, 0.05) is 18.3 Å². The lowest BCUT2D eigenvalue weighted by atomic mass is 10.2. The second-order valence-corrected chi connectivity index (χ2v) is 7.53. The van der Waals surface area contributed by atoms with E-state index in [1.165, 1.54) is 6.07 Å². The Balaban J connectivity index is 1.66. The summed E-state index contributed by atoms with van der Waals surface area (Å²) in [6.07, 6.45) is 1.62. The topological polar surface area (TPSA) is 62.7 Å². The molecule has 0 radical (unpaired) electrons. The van der Waals surface area contributed by atoms with Crippen LogP contribution in [0.5, 0.6) is 0 Å². The molecule has 1 aromatic carbocycles. The molecule has 0 bridgehead atoms. The Labute approximate surface area is 176 Å². The first-order valence-electron chi connectivity index (χ1n) is 9.59. The normalized spacial score (nSPS) is 14.7. The van der Waals surface area contributed by atoms with Crippen molar-refractivity contribution in [1.29, 1.82) is 0 Å². The zero-order valence-corrected chi connectivity index (χ0v) is 16.6. The summed E-state index contributed by atoms with van der Waals surface area (Å²) in [5.74, 6) is 0.850. The molecule has 0 unspecified atom stereocenters. The first-order chi connectivity index (χ1) is 14.4. The minimum Gasteiger partial charge on any atom is -0.351 e. The third-order valence-electron chi connectivity index (χ3n) is 4.90. The van der Waals surface area contributed by atoms with Gasteiger partial charge in [0.2, 0.25) is 5.95 Å². The number of rotatable bonds is 5. The second-order valence-electron chi connectivity index (χ2n) is 7.12. The molecule has 4 rings (SSSR count). The number of aromatic nitrogens is 3. The van der Waals surface area contributed by atoms with Crippen LogP contribution in [0.2, 0.25) is 5.02 Å². The van der Waals surface area contributed by atoms with Gasteiger partial charge in [0.15, 0.2) is 0 Å². The number of hydrogen-bond acceptors (Lipinski definition) is 5. The van der Waals surface area contributed by atoms with E-state index >= 15 is 0 Å². The molecule has 0 saturated heterocycles. The van der Waals surface area contributed by atoms with E-state index in [-0.39, 0.29) is 5.02 Å². The predicted molar refractivity (Wildman–Crippen MR) is 111 cm³/mol. The Kier molecular flexibility index (Phi) is 5.76. The lowest BCUT2D eigenvalue weighted by Gasteiger charge is -2.15. The third kappa shape index (κ3) is 4.81. The van der Waals surface area contributed by atoms with Gasteiger partial charge in [0.1, 0.15) is 5.82 Å². The second kappa shape index (κ2) is 8.47. The molecule has 1 aliphatic carbocycles. The molecule has 2 heterocycles. The van der Waals surface area contributed by atoms with Crippen molar-refractivity contribution < 1.29 is 13.2 Å². The summed E-state index contributed by atoms with van der Waals surface area (Å²) in [7, 11) is 0. The van der Waals surface area contributed by atoms with Gasteiger partial charge in [-0.15, -0.1) is 0 Å². The third-order valence-corrected chi connectivity index (χ3v) is 5.21. The van der Waals surface area contributed by atoms with Crippen LogP contribution in [0.1, 0.15) is 31.2 Å². The average molecular weight is 434 g/mol. The molecule has 0 aliphatic heterocycles. The van der Waals surface area contributed by atoms with Crippen LogP contribution >= 0.6 is 11.6 Å². The zero-order chi connectivity index (χ0) is 21.1. The first kappa shape index (κ1) is 20.4. The Morgan fingerprint density at radius 1 is 0.967 bits per heavy atom. The minimum atomic E-state index is -4.46. The van der Waals surface area contributed by atoms with Crippen LogP contribution in [0.25, 0.3) is 11.4 Å². The Morgan fingerprint density at radius 3 is 2.43 bits per heavy atom. The van der Waals surface area contributed by atoms with Crippen molar-refractivity contribution in [3.05, 3.63) is 59.2 Å². The van der Waals surface area contributed by atoms with Gasteiger partial charge in [-0.2, -0.15) is 18.2 Å². The van der Waals surface area contributed by atoms with Crippen LogP contribution in [0.4, 0.5) is 30.6 Å². The van der Waals surface area contributed by atoms with E-state index in [2.05, 4.69) is 25.6 Å². The standard InChI is InChI=1S/C21H19ClF3N5/c22-15-11-13(21(23,24)25)8-9-16(15)28-19-12-18(17-7-3-4-10-26-17)29-20(30-19)27-14-5-1-2-6-14/h3-4,7-12,14H,1-2,5-6H2,(H2,27,28,29,30). The van der Waals surface area contributed by atoms with Crippen LogP contribution in [0.15, 0.2) is 48.7 Å². The summed E-state index contributed by atoms with van der Waals surface area (Å²) in [4.78, 5) is 13.4. The maximum atomic E-state index is 12.9. The Morgan fingerprint density at radius 2 is 1.77 bits per heavy atom. The molecule has 2 N–H and O–H groups in total. The lowest BCUT2D eigenvalue weighted by Crippen LogP contribution is -2.17. The smallest absolute Gasteiger partial charge is 0.351 e. The maximum Gasteiger partial charge on any atom is 0.416 e. The minimum absolute atomic E-state index is 0.0480. The number of alkyl halides is 3. The van der Waals surface area contributed by atoms with Crippen LogP contribution < -0.4 is 10.6 Å². The van der Waals surface area contributed by atoms with E-state index in [4.69, 9.17) is 11.6 Å². The molecule has 156 valence electrons. The van der Waals surface area contributed by atoms with Crippen molar-refractivity contribution in [1.82, 2.24) is 15.0 Å². The molecule has 5 nitrogen and oxygen atoms in total. The predicted octanol–water partition coefficient (Wildman–Crippen LogP) is 6.31. The highest BCUT2D eigenvalue weighted by Gasteiger charge is 2.31. The van der Waals surface area contributed by atoms with Gasteiger partial charge in [-0.1, -0.05) is 30.5 Å². The molecule has 30 heavy (non-hydrogen) atoms. The number of anilines is 3. The number of nitrogens with one attached hydrogen (secondary N) is 2. The fraction of sp³-hybridized carbons (Fsp3) is 0.286. The number of hydrogen-bond donors (Lipinski definition) is 2. The van der Waals surface area contributed by atoms with Crippen molar-refractivity contribution in [3.63, 3.8) is 0 Å². The number of benzene rings is 1. The van der Waals surface area contributed by atoms with Crippen LogP contribution in [0.3, 0.4) is 0 Å². The maximum absolute atomic E-state index is 12.9. The molecule has 2 aromatic heterocycles. The molecule has 0 spiro atoms. The number of halogens is 4. The highest BCUT2D eigenvalue weighted by atomic mass is 35.5. The van der Waals surface area contributed by atoms with Gasteiger partial charge in [-0.25, -0.2) is 4.98 Å². The molecule has 0 amide bonds. The van der Waals surface area contributed by atoms with Crippen molar-refractivity contribution in [2.24, 2.45) is 0 Å². The quantitative estimate of drug-likeness (QED) is 0.493. The molecule has 9 heteroatoms. The van der Waals surface area contributed by atoms with E-state index in [0.29, 0.717) is 34.9 Å². The van der Waals surface area contributed by atoms with E-state index in [1.807, 2.05) is 18.2 Å². The summed E-state index contributed by atoms with van der Waals surface area (Å²) in [6.45, 7) is 0. The Bertz CT molecular complexity index is 1020. The highest BCUT2D eigenvalue weighted by Crippen LogP contribution is 2.35. The lowest BCUT2D eigenvalue weighted by molar-refractivity contribution is -0.137. The molecule has 1 saturated carbocycles. The zero-order valence-electron chi connectivity index (χ0n) is 15.9. The van der Waals surface area contributed by atoms with Crippen LogP contribution in [-0.2, 0) is 6.18 Å². The van der Waals surface area contributed by atoms with E-state index < -0.39 is 11.7 Å². The molecule has 3 aromatic rings. The average Bonchev–Trinajstić information content (AvgIpc) is 3.22. The number of pyridine rings is 1. The summed E-state index contributed by atoms with van der Waals surface area (Å²) in [5, 5.41) is 6.31. The van der Waals surface area contributed by atoms with Crippen LogP contribution in [0, 0.1) is 0 Å². The van der Waals surface area contributed by atoms with Gasteiger partial charge in [-0.05, 0) is 43.2 Å². The highest BCUT2D eigenvalue weighted by molar-refractivity contribution is 6.33. The molecular formula is C21H19ClF3N5. The van der Waals surface area contributed by atoms with Crippen LogP contribution in [-0.4, -0.2) is 21.0 Å². The van der Waals surface area contributed by atoms with E-state index in [9.17, 15) is 13.2 Å². The summed E-state index contributed by atoms with van der Waals surface area (Å²) < 4.78 is 38.7.